The molecule has 0 aromatic heterocycles. The van der Waals surface area contributed by atoms with Crippen LogP contribution in [0.3, 0.4) is 0 Å². The largest absolute Gasteiger partial charge is 0.322 e. The number of nitrogens with one attached hydrogen (secondary N) is 1. The summed E-state index contributed by atoms with van der Waals surface area (Å²) in [6.45, 7) is 0.719. The first kappa shape index (κ1) is 20.8. The fraction of sp³-hybridized carbons (Fsp3) is 0.130. The van der Waals surface area contributed by atoms with E-state index in [2.05, 4.69) is 11.4 Å². The van der Waals surface area contributed by atoms with Gasteiger partial charge in [-0.05, 0) is 54.4 Å². The minimum Gasteiger partial charge on any atom is -0.322 e. The first-order valence-electron chi connectivity index (χ1n) is 9.39. The van der Waals surface area contributed by atoms with Gasteiger partial charge in [-0.1, -0.05) is 47.5 Å². The molecule has 7 heteroatoms. The zero-order valence-corrected chi connectivity index (χ0v) is 18.2. The summed E-state index contributed by atoms with van der Waals surface area (Å²) < 4.78 is 0. The number of hydrogen-bond acceptors (Lipinski definition) is 3. The van der Waals surface area contributed by atoms with Gasteiger partial charge in [0.25, 0.3) is 5.91 Å². The van der Waals surface area contributed by atoms with Gasteiger partial charge in [0.15, 0.2) is 0 Å². The second-order valence-electron chi connectivity index (χ2n) is 6.82. The second-order valence-corrected chi connectivity index (χ2v) is 8.71. The van der Waals surface area contributed by atoms with E-state index in [1.54, 1.807) is 18.2 Å². The van der Waals surface area contributed by atoms with Crippen LogP contribution in [0.2, 0.25) is 10.0 Å². The molecule has 3 aromatic rings. The summed E-state index contributed by atoms with van der Waals surface area (Å²) >= 11 is 13.4. The number of para-hydroxylation sites is 1. The number of carbonyl (C=O) groups is 2. The van der Waals surface area contributed by atoms with Gasteiger partial charge in [-0.25, -0.2) is 0 Å². The van der Waals surface area contributed by atoms with E-state index in [9.17, 15) is 9.59 Å². The van der Waals surface area contributed by atoms with Crippen LogP contribution in [-0.2, 0) is 11.2 Å². The third kappa shape index (κ3) is 4.64. The SMILES string of the molecule is O=C(Nc1cccc(SCC(=O)N2CCc3ccccc32)c1)c1ccc(Cl)cc1Cl. The number of amides is 2. The van der Waals surface area contributed by atoms with Gasteiger partial charge in [0, 0.05) is 27.8 Å². The van der Waals surface area contributed by atoms with Gasteiger partial charge < -0.3 is 10.2 Å². The summed E-state index contributed by atoms with van der Waals surface area (Å²) in [5.41, 5.74) is 3.20. The molecule has 1 aliphatic rings. The molecule has 4 rings (SSSR count). The summed E-state index contributed by atoms with van der Waals surface area (Å²) in [5, 5.41) is 3.61. The van der Waals surface area contributed by atoms with Crippen LogP contribution in [0.5, 0.6) is 0 Å². The molecule has 0 atom stereocenters. The van der Waals surface area contributed by atoms with E-state index in [0.29, 0.717) is 27.0 Å². The molecule has 0 unspecified atom stereocenters. The number of hydrogen-bond donors (Lipinski definition) is 1. The minimum atomic E-state index is -0.316. The van der Waals surface area contributed by atoms with Crippen LogP contribution in [0.4, 0.5) is 11.4 Å². The average Bonchev–Trinajstić information content (AvgIpc) is 3.16. The third-order valence-corrected chi connectivity index (χ3v) is 6.34. The molecule has 3 aromatic carbocycles. The molecule has 0 bridgehead atoms. The summed E-state index contributed by atoms with van der Waals surface area (Å²) in [4.78, 5) is 28.0. The highest BCUT2D eigenvalue weighted by molar-refractivity contribution is 8.00. The highest BCUT2D eigenvalue weighted by Gasteiger charge is 2.23. The maximum absolute atomic E-state index is 12.7. The van der Waals surface area contributed by atoms with E-state index >= 15 is 0 Å². The first-order chi connectivity index (χ1) is 14.5. The van der Waals surface area contributed by atoms with Crippen molar-refractivity contribution < 1.29 is 9.59 Å². The first-order valence-corrected chi connectivity index (χ1v) is 11.1. The molecule has 0 saturated carbocycles. The molecule has 0 fully saturated rings. The van der Waals surface area contributed by atoms with E-state index in [1.165, 1.54) is 23.4 Å². The number of thioether (sulfide) groups is 1. The molecular formula is C23H18Cl2N2O2S. The van der Waals surface area contributed by atoms with Crippen molar-refractivity contribution in [2.75, 3.05) is 22.5 Å². The van der Waals surface area contributed by atoms with Gasteiger partial charge >= 0.3 is 0 Å². The molecule has 1 aliphatic heterocycles. The second kappa shape index (κ2) is 9.13. The molecule has 4 nitrogen and oxygen atoms in total. The van der Waals surface area contributed by atoms with Crippen LogP contribution in [0, 0.1) is 0 Å². The molecular weight excluding hydrogens is 439 g/mol. The van der Waals surface area contributed by atoms with Gasteiger partial charge in [0.1, 0.15) is 0 Å². The lowest BCUT2D eigenvalue weighted by Crippen LogP contribution is -2.30. The smallest absolute Gasteiger partial charge is 0.257 e. The predicted octanol–water partition coefficient (Wildman–Crippen LogP) is 5.93. The summed E-state index contributed by atoms with van der Waals surface area (Å²) in [6.07, 6.45) is 0.890. The van der Waals surface area contributed by atoms with Gasteiger partial charge in [-0.3, -0.25) is 9.59 Å². The Bertz CT molecular complexity index is 1120. The Labute approximate surface area is 189 Å². The molecule has 30 heavy (non-hydrogen) atoms. The number of anilines is 2. The monoisotopic (exact) mass is 456 g/mol. The molecule has 1 heterocycles. The standard InChI is InChI=1S/C23H18Cl2N2O2S/c24-16-8-9-19(20(25)12-16)23(29)26-17-5-3-6-18(13-17)30-14-22(28)27-11-10-15-4-1-2-7-21(15)27/h1-9,12-13H,10-11,14H2,(H,26,29). The predicted molar refractivity (Wildman–Crippen MR) is 124 cm³/mol. The number of fused-ring (bicyclic) bond motifs is 1. The van der Waals surface area contributed by atoms with Crippen molar-refractivity contribution in [3.05, 3.63) is 87.9 Å². The van der Waals surface area contributed by atoms with Crippen molar-refractivity contribution in [3.63, 3.8) is 0 Å². The van der Waals surface area contributed by atoms with Crippen LogP contribution in [0.15, 0.2) is 71.6 Å². The summed E-state index contributed by atoms with van der Waals surface area (Å²) in [6, 6.07) is 20.2. The number of halogens is 2. The van der Waals surface area contributed by atoms with E-state index in [0.717, 1.165) is 23.5 Å². The zero-order valence-electron chi connectivity index (χ0n) is 15.9. The maximum Gasteiger partial charge on any atom is 0.257 e. The minimum absolute atomic E-state index is 0.0762. The highest BCUT2D eigenvalue weighted by Crippen LogP contribution is 2.29. The van der Waals surface area contributed by atoms with Crippen LogP contribution < -0.4 is 10.2 Å². The molecule has 0 radical (unpaired) electrons. The lowest BCUT2D eigenvalue weighted by molar-refractivity contribution is -0.116. The Hall–Kier alpha value is -2.47. The van der Waals surface area contributed by atoms with Gasteiger partial charge in [0.05, 0.1) is 16.3 Å². The van der Waals surface area contributed by atoms with E-state index < -0.39 is 0 Å². The van der Waals surface area contributed by atoms with Gasteiger partial charge in [0.2, 0.25) is 5.91 Å². The van der Waals surface area contributed by atoms with Crippen LogP contribution in [0.25, 0.3) is 0 Å². The Morgan fingerprint density at radius 1 is 1.00 bits per heavy atom. The fourth-order valence-corrected chi connectivity index (χ4v) is 4.68. The van der Waals surface area contributed by atoms with E-state index in [-0.39, 0.29) is 11.8 Å². The fourth-order valence-electron chi connectivity index (χ4n) is 3.36. The molecule has 0 saturated heterocycles. The van der Waals surface area contributed by atoms with Crippen molar-refractivity contribution in [1.29, 1.82) is 0 Å². The normalized spacial score (nSPS) is 12.5. The Balaban J connectivity index is 1.39. The lowest BCUT2D eigenvalue weighted by atomic mass is 10.2. The van der Waals surface area contributed by atoms with Crippen molar-refractivity contribution in [1.82, 2.24) is 0 Å². The van der Waals surface area contributed by atoms with Crippen molar-refractivity contribution in [2.24, 2.45) is 0 Å². The Morgan fingerprint density at radius 3 is 2.67 bits per heavy atom. The molecule has 1 N–H and O–H groups in total. The van der Waals surface area contributed by atoms with Crippen molar-refractivity contribution >= 4 is 58.2 Å². The van der Waals surface area contributed by atoms with E-state index in [4.69, 9.17) is 23.2 Å². The number of benzene rings is 3. The Morgan fingerprint density at radius 2 is 1.83 bits per heavy atom. The number of nitrogens with zero attached hydrogens (tertiary/aromatic N) is 1. The van der Waals surface area contributed by atoms with Gasteiger partial charge in [-0.15, -0.1) is 11.8 Å². The lowest BCUT2D eigenvalue weighted by Gasteiger charge is -2.17. The average molecular weight is 457 g/mol. The van der Waals surface area contributed by atoms with Crippen LogP contribution >= 0.6 is 35.0 Å². The van der Waals surface area contributed by atoms with Crippen molar-refractivity contribution in [2.45, 2.75) is 11.3 Å². The number of carbonyl (C=O) groups excluding carboxylic acids is 2. The molecule has 152 valence electrons. The van der Waals surface area contributed by atoms with Gasteiger partial charge in [-0.2, -0.15) is 0 Å². The van der Waals surface area contributed by atoms with Crippen LogP contribution in [-0.4, -0.2) is 24.1 Å². The quantitative estimate of drug-likeness (QED) is 0.484. The van der Waals surface area contributed by atoms with Crippen molar-refractivity contribution in [3.8, 4) is 0 Å². The number of rotatable bonds is 5. The molecule has 0 aliphatic carbocycles. The van der Waals surface area contributed by atoms with Crippen LogP contribution in [0.1, 0.15) is 15.9 Å². The topological polar surface area (TPSA) is 49.4 Å². The third-order valence-electron chi connectivity index (χ3n) is 4.82. The maximum atomic E-state index is 12.7. The van der Waals surface area contributed by atoms with E-state index in [1.807, 2.05) is 41.3 Å². The zero-order chi connectivity index (χ0) is 21.1. The molecule has 0 spiro atoms. The summed E-state index contributed by atoms with van der Waals surface area (Å²) in [7, 11) is 0. The summed E-state index contributed by atoms with van der Waals surface area (Å²) in [5.74, 6) is 0.0882. The molecule has 2 amide bonds. The highest BCUT2D eigenvalue weighted by atomic mass is 35.5. The Kier molecular flexibility index (Phi) is 6.32.